The van der Waals surface area contributed by atoms with Crippen molar-refractivity contribution in [2.24, 2.45) is 5.92 Å². The van der Waals surface area contributed by atoms with Gasteiger partial charge < -0.3 is 15.2 Å². The smallest absolute Gasteiger partial charge is 0.0924 e. The zero-order chi connectivity index (χ0) is 11.1. The van der Waals surface area contributed by atoms with Gasteiger partial charge in [-0.3, -0.25) is 0 Å². The number of nitrogens with one attached hydrogen (secondary N) is 1. The number of thioether (sulfide) groups is 1. The number of aliphatic hydroxyl groups is 1. The Bertz CT molecular complexity index is 256. The maximum atomic E-state index is 10.4. The lowest BCUT2D eigenvalue weighted by Crippen LogP contribution is -2.65. The molecule has 1 spiro atoms. The molecule has 0 aliphatic carbocycles. The molecule has 0 aromatic rings. The first-order valence-corrected chi connectivity index (χ1v) is 7.53. The molecule has 92 valence electrons. The Balaban J connectivity index is 1.69. The van der Waals surface area contributed by atoms with Crippen molar-refractivity contribution in [3.63, 3.8) is 0 Å². The molecule has 3 fully saturated rings. The van der Waals surface area contributed by atoms with Crippen LogP contribution >= 0.6 is 11.8 Å². The fraction of sp³-hybridized carbons (Fsp3) is 1.00. The lowest BCUT2D eigenvalue weighted by Gasteiger charge is -2.51. The average Bonchev–Trinajstić information content (AvgIpc) is 2.27. The molecular formula is C12H21NO2S. The molecule has 0 radical (unpaired) electrons. The van der Waals surface area contributed by atoms with Gasteiger partial charge in [-0.2, -0.15) is 11.8 Å². The predicted octanol–water partition coefficient (Wildman–Crippen LogP) is 1.01. The molecule has 3 heterocycles. The van der Waals surface area contributed by atoms with Crippen molar-refractivity contribution in [1.29, 1.82) is 0 Å². The summed E-state index contributed by atoms with van der Waals surface area (Å²) < 4.78 is 6.06. The topological polar surface area (TPSA) is 41.5 Å². The first-order valence-electron chi connectivity index (χ1n) is 6.37. The maximum absolute atomic E-state index is 10.4. The third-order valence-corrected chi connectivity index (χ3v) is 5.50. The largest absolute Gasteiger partial charge is 0.387 e. The van der Waals surface area contributed by atoms with E-state index < -0.39 is 5.60 Å². The van der Waals surface area contributed by atoms with Gasteiger partial charge in [0.05, 0.1) is 11.2 Å². The third-order valence-electron chi connectivity index (χ3n) is 4.52. The highest BCUT2D eigenvalue weighted by Gasteiger charge is 2.48. The van der Waals surface area contributed by atoms with Crippen molar-refractivity contribution in [1.82, 2.24) is 5.32 Å². The maximum Gasteiger partial charge on any atom is 0.0924 e. The summed E-state index contributed by atoms with van der Waals surface area (Å²) in [5, 5.41) is 13.6. The molecule has 0 saturated carbocycles. The minimum atomic E-state index is -0.429. The quantitative estimate of drug-likeness (QED) is 0.721. The zero-order valence-corrected chi connectivity index (χ0v) is 10.5. The first-order chi connectivity index (χ1) is 7.73. The number of hydrogen-bond acceptors (Lipinski definition) is 4. The molecule has 0 amide bonds. The number of rotatable bonds is 1. The van der Waals surface area contributed by atoms with Crippen LogP contribution in [0.25, 0.3) is 0 Å². The van der Waals surface area contributed by atoms with Crippen LogP contribution in [0, 0.1) is 5.92 Å². The van der Waals surface area contributed by atoms with Crippen LogP contribution < -0.4 is 5.32 Å². The highest BCUT2D eigenvalue weighted by molar-refractivity contribution is 7.99. The molecule has 1 atom stereocenters. The van der Waals surface area contributed by atoms with E-state index in [1.165, 1.54) is 24.3 Å². The Labute approximate surface area is 101 Å². The van der Waals surface area contributed by atoms with E-state index in [-0.39, 0.29) is 5.60 Å². The Kier molecular flexibility index (Phi) is 2.94. The molecule has 0 aromatic carbocycles. The first kappa shape index (κ1) is 11.3. The molecular weight excluding hydrogens is 222 g/mol. The molecule has 3 nitrogen and oxygen atoms in total. The van der Waals surface area contributed by atoms with Gasteiger partial charge in [0.25, 0.3) is 0 Å². The van der Waals surface area contributed by atoms with Crippen LogP contribution in [0.4, 0.5) is 0 Å². The zero-order valence-electron chi connectivity index (χ0n) is 9.71. The van der Waals surface area contributed by atoms with Crippen LogP contribution in [-0.4, -0.2) is 47.5 Å². The van der Waals surface area contributed by atoms with Crippen LogP contribution in [0.15, 0.2) is 0 Å². The lowest BCUT2D eigenvalue weighted by molar-refractivity contribution is -0.159. The molecule has 0 bridgehead atoms. The monoisotopic (exact) mass is 243 g/mol. The van der Waals surface area contributed by atoms with Gasteiger partial charge in [-0.1, -0.05) is 0 Å². The van der Waals surface area contributed by atoms with Gasteiger partial charge in [0.15, 0.2) is 0 Å². The Morgan fingerprint density at radius 2 is 2.00 bits per heavy atom. The summed E-state index contributed by atoms with van der Waals surface area (Å²) in [6.07, 6.45) is 4.47. The molecule has 4 heteroatoms. The fourth-order valence-electron chi connectivity index (χ4n) is 3.25. The SMILES string of the molecule is OC1(C2CCOC3(CCSCC3)C2)CNC1. The molecule has 16 heavy (non-hydrogen) atoms. The van der Waals surface area contributed by atoms with Crippen LogP contribution in [0.1, 0.15) is 25.7 Å². The number of ether oxygens (including phenoxy) is 1. The Morgan fingerprint density at radius 3 is 2.62 bits per heavy atom. The van der Waals surface area contributed by atoms with Crippen molar-refractivity contribution in [2.75, 3.05) is 31.2 Å². The summed E-state index contributed by atoms with van der Waals surface area (Å²) >= 11 is 2.04. The summed E-state index contributed by atoms with van der Waals surface area (Å²) in [4.78, 5) is 0. The van der Waals surface area contributed by atoms with Crippen LogP contribution in [0.3, 0.4) is 0 Å². The van der Waals surface area contributed by atoms with Gasteiger partial charge in [-0.15, -0.1) is 0 Å². The normalized spacial score (nSPS) is 36.9. The van der Waals surface area contributed by atoms with Crippen molar-refractivity contribution >= 4 is 11.8 Å². The van der Waals surface area contributed by atoms with Gasteiger partial charge in [0.2, 0.25) is 0 Å². The minimum absolute atomic E-state index is 0.111. The van der Waals surface area contributed by atoms with E-state index in [2.05, 4.69) is 5.32 Å². The average molecular weight is 243 g/mol. The standard InChI is InChI=1S/C12H21NO2S/c14-12(8-13-9-12)10-1-4-15-11(7-10)2-5-16-6-3-11/h10,13-14H,1-9H2. The third kappa shape index (κ3) is 1.90. The van der Waals surface area contributed by atoms with E-state index in [9.17, 15) is 5.11 Å². The van der Waals surface area contributed by atoms with E-state index >= 15 is 0 Å². The summed E-state index contributed by atoms with van der Waals surface area (Å²) in [5.74, 6) is 2.90. The summed E-state index contributed by atoms with van der Waals surface area (Å²) in [6.45, 7) is 2.41. The lowest BCUT2D eigenvalue weighted by atomic mass is 9.71. The second-order valence-corrected chi connectivity index (χ2v) is 6.77. The molecule has 3 aliphatic rings. The van der Waals surface area contributed by atoms with Crippen LogP contribution in [0.5, 0.6) is 0 Å². The van der Waals surface area contributed by atoms with Gasteiger partial charge in [-0.05, 0) is 43.1 Å². The summed E-state index contributed by atoms with van der Waals surface area (Å²) in [5.41, 5.74) is -0.319. The Hall–Kier alpha value is 0.230. The predicted molar refractivity (Wildman–Crippen MR) is 65.8 cm³/mol. The molecule has 3 saturated heterocycles. The van der Waals surface area contributed by atoms with Crippen LogP contribution in [0.2, 0.25) is 0 Å². The van der Waals surface area contributed by atoms with Gasteiger partial charge in [0, 0.05) is 19.7 Å². The van der Waals surface area contributed by atoms with Gasteiger partial charge >= 0.3 is 0 Å². The number of β-amino-alcohol motifs (C(OH)–C–C–N with tert-alkyl or cyclic N) is 1. The highest BCUT2D eigenvalue weighted by atomic mass is 32.2. The van der Waals surface area contributed by atoms with Crippen molar-refractivity contribution in [3.05, 3.63) is 0 Å². The second kappa shape index (κ2) is 4.16. The van der Waals surface area contributed by atoms with E-state index in [4.69, 9.17) is 4.74 Å². The van der Waals surface area contributed by atoms with E-state index in [0.29, 0.717) is 5.92 Å². The molecule has 3 rings (SSSR count). The van der Waals surface area contributed by atoms with Crippen molar-refractivity contribution in [3.8, 4) is 0 Å². The Morgan fingerprint density at radius 1 is 1.25 bits per heavy atom. The van der Waals surface area contributed by atoms with Crippen molar-refractivity contribution < 1.29 is 9.84 Å². The van der Waals surface area contributed by atoms with Crippen molar-refractivity contribution in [2.45, 2.75) is 36.9 Å². The van der Waals surface area contributed by atoms with Gasteiger partial charge in [0.1, 0.15) is 0 Å². The minimum Gasteiger partial charge on any atom is -0.387 e. The molecule has 2 N–H and O–H groups in total. The van der Waals surface area contributed by atoms with E-state index in [1.54, 1.807) is 0 Å². The molecule has 3 aliphatic heterocycles. The summed E-state index contributed by atoms with van der Waals surface area (Å²) in [6, 6.07) is 0. The van der Waals surface area contributed by atoms with Gasteiger partial charge in [-0.25, -0.2) is 0 Å². The van der Waals surface area contributed by atoms with E-state index in [1.807, 2.05) is 11.8 Å². The van der Waals surface area contributed by atoms with E-state index in [0.717, 1.165) is 32.5 Å². The van der Waals surface area contributed by atoms with Crippen LogP contribution in [-0.2, 0) is 4.74 Å². The second-order valence-electron chi connectivity index (χ2n) is 5.54. The fourth-order valence-corrected chi connectivity index (χ4v) is 4.48. The highest BCUT2D eigenvalue weighted by Crippen LogP contribution is 2.43. The molecule has 1 unspecified atom stereocenters. The summed E-state index contributed by atoms with van der Waals surface area (Å²) in [7, 11) is 0. The molecule has 0 aromatic heterocycles. The number of hydrogen-bond donors (Lipinski definition) is 2.